The first-order chi connectivity index (χ1) is 16.4. The van der Waals surface area contributed by atoms with E-state index in [4.69, 9.17) is 0 Å². The van der Waals surface area contributed by atoms with Gasteiger partial charge in [0.15, 0.2) is 11.3 Å². The fraction of sp³-hybridized carbons (Fsp3) is 0.474. The van der Waals surface area contributed by atoms with Gasteiger partial charge in [0.2, 0.25) is 5.41 Å². The maximum atomic E-state index is 14.0. The summed E-state index contributed by atoms with van der Waals surface area (Å²) in [6.45, 7) is 0. The van der Waals surface area contributed by atoms with Gasteiger partial charge >= 0.3 is 30.9 Å². The molecule has 0 amide bonds. The van der Waals surface area contributed by atoms with Gasteiger partial charge in [0.05, 0.1) is 23.4 Å². The summed E-state index contributed by atoms with van der Waals surface area (Å²) in [5.74, 6) is -5.27. The van der Waals surface area contributed by atoms with Crippen molar-refractivity contribution in [3.05, 3.63) is 41.1 Å². The minimum absolute atomic E-state index is 0.0453. The Bertz CT molecular complexity index is 1110. The number of nitrogens with one attached hydrogen (secondary N) is 1. The highest BCUT2D eigenvalue weighted by atomic mass is 19.4. The molecule has 0 unspecified atom stereocenters. The van der Waals surface area contributed by atoms with Gasteiger partial charge in [-0.3, -0.25) is 0 Å². The highest BCUT2D eigenvalue weighted by Gasteiger charge is 2.86. The third-order valence-electron chi connectivity index (χ3n) is 5.58. The number of para-hydroxylation sites is 1. The predicted molar refractivity (Wildman–Crippen MR) is 90.5 cm³/mol. The Morgan fingerprint density at radius 1 is 0.730 bits per heavy atom. The molecule has 0 atom stereocenters. The zero-order chi connectivity index (χ0) is 29.0. The summed E-state index contributed by atoms with van der Waals surface area (Å²) in [6, 6.07) is 1.89. The van der Waals surface area contributed by atoms with Crippen LogP contribution in [-0.2, 0) is 6.18 Å². The highest BCUT2D eigenvalue weighted by molar-refractivity contribution is 5.61. The van der Waals surface area contributed by atoms with E-state index in [9.17, 15) is 76.4 Å². The van der Waals surface area contributed by atoms with Gasteiger partial charge in [0.1, 0.15) is 0 Å². The second-order valence-electron chi connectivity index (χ2n) is 7.63. The lowest BCUT2D eigenvalue weighted by Gasteiger charge is -2.42. The van der Waals surface area contributed by atoms with Gasteiger partial charge in [0, 0.05) is 17.7 Å². The van der Waals surface area contributed by atoms with Crippen molar-refractivity contribution in [2.75, 3.05) is 5.32 Å². The second-order valence-corrected chi connectivity index (χ2v) is 7.63. The van der Waals surface area contributed by atoms with E-state index in [2.05, 4.69) is 0 Å². The topological polar surface area (TPSA) is 59.6 Å². The van der Waals surface area contributed by atoms with Crippen LogP contribution in [0.2, 0.25) is 0 Å². The maximum Gasteiger partial charge on any atom is 0.418 e. The highest BCUT2D eigenvalue weighted by Crippen LogP contribution is 2.72. The Hall–Kier alpha value is -3.31. The summed E-state index contributed by atoms with van der Waals surface area (Å²) in [4.78, 5) is 0. The first kappa shape index (κ1) is 29.9. The van der Waals surface area contributed by atoms with Crippen molar-refractivity contribution in [3.8, 4) is 12.1 Å². The number of nitrogens with zero attached hydrogens (tertiary/aromatic N) is 2. The molecule has 2 rings (SSSR count). The number of anilines is 1. The van der Waals surface area contributed by atoms with E-state index >= 15 is 0 Å². The third kappa shape index (κ3) is 4.61. The monoisotopic (exact) mass is 563 g/mol. The average molecular weight is 563 g/mol. The summed E-state index contributed by atoms with van der Waals surface area (Å²) >= 11 is 0. The van der Waals surface area contributed by atoms with Gasteiger partial charge in [-0.05, 0) is 12.1 Å². The van der Waals surface area contributed by atoms with Gasteiger partial charge in [-0.2, -0.15) is 76.4 Å². The summed E-state index contributed by atoms with van der Waals surface area (Å²) in [7, 11) is 0. The van der Waals surface area contributed by atoms with E-state index in [0.29, 0.717) is 18.2 Å². The van der Waals surface area contributed by atoms with E-state index in [1.165, 1.54) is 5.32 Å². The largest absolute Gasteiger partial charge is 0.418 e. The Kier molecular flexibility index (Phi) is 6.98. The van der Waals surface area contributed by atoms with Gasteiger partial charge < -0.3 is 5.32 Å². The standard InChI is InChI=1S/C19H8F15N3/c20-15(21,22)8-3-1-2-4-9(8)37-10-5-14(18(29,30)31,19(32,33)34)13(6-35,7-36)11(10)12(16(23,24)25)17(26,27)28/h1-4,12,37H,5H2. The Morgan fingerprint density at radius 3 is 1.51 bits per heavy atom. The molecule has 0 saturated heterocycles. The van der Waals surface area contributed by atoms with Gasteiger partial charge in [-0.25, -0.2) is 0 Å². The molecule has 1 N–H and O–H groups in total. The van der Waals surface area contributed by atoms with Gasteiger partial charge in [-0.1, -0.05) is 12.1 Å². The Labute approximate surface area is 195 Å². The molecule has 1 aliphatic carbocycles. The Balaban J connectivity index is 3.15. The molecule has 204 valence electrons. The summed E-state index contributed by atoms with van der Waals surface area (Å²) in [5, 5.41) is 19.7. The van der Waals surface area contributed by atoms with Crippen molar-refractivity contribution in [3.63, 3.8) is 0 Å². The van der Waals surface area contributed by atoms with E-state index in [1.54, 1.807) is 0 Å². The maximum absolute atomic E-state index is 14.0. The van der Waals surface area contributed by atoms with Crippen molar-refractivity contribution in [2.24, 2.45) is 16.7 Å². The van der Waals surface area contributed by atoms with Crippen molar-refractivity contribution < 1.29 is 65.9 Å². The third-order valence-corrected chi connectivity index (χ3v) is 5.58. The number of halogens is 15. The zero-order valence-electron chi connectivity index (χ0n) is 17.2. The molecule has 37 heavy (non-hydrogen) atoms. The predicted octanol–water partition coefficient (Wildman–Crippen LogP) is 7.66. The van der Waals surface area contributed by atoms with E-state index in [0.717, 1.165) is 0 Å². The lowest BCUT2D eigenvalue weighted by Crippen LogP contribution is -2.59. The number of hydrogen-bond donors (Lipinski definition) is 1. The second kappa shape index (κ2) is 8.63. The quantitative estimate of drug-likeness (QED) is 0.385. The molecule has 1 aromatic carbocycles. The van der Waals surface area contributed by atoms with Crippen LogP contribution in [0.3, 0.4) is 0 Å². The van der Waals surface area contributed by atoms with E-state index < -0.39 is 76.6 Å². The van der Waals surface area contributed by atoms with Crippen LogP contribution in [0.5, 0.6) is 0 Å². The molecule has 1 aliphatic rings. The smallest absolute Gasteiger partial charge is 0.358 e. The molecular weight excluding hydrogens is 555 g/mol. The molecule has 3 nitrogen and oxygen atoms in total. The van der Waals surface area contributed by atoms with Crippen LogP contribution in [0, 0.1) is 39.4 Å². The lowest BCUT2D eigenvalue weighted by atomic mass is 9.61. The minimum Gasteiger partial charge on any atom is -0.358 e. The van der Waals surface area contributed by atoms with Crippen LogP contribution in [0.4, 0.5) is 71.5 Å². The van der Waals surface area contributed by atoms with Crippen LogP contribution in [0.1, 0.15) is 12.0 Å². The summed E-state index contributed by atoms with van der Waals surface area (Å²) in [6.07, 6.45) is -35.7. The molecule has 0 saturated carbocycles. The first-order valence-corrected chi connectivity index (χ1v) is 9.18. The minimum atomic E-state index is -6.89. The number of benzene rings is 1. The number of nitriles is 2. The first-order valence-electron chi connectivity index (χ1n) is 9.18. The number of allylic oxidation sites excluding steroid dienone is 2. The van der Waals surface area contributed by atoms with E-state index in [-0.39, 0.29) is 18.2 Å². The van der Waals surface area contributed by atoms with Crippen molar-refractivity contribution in [1.29, 1.82) is 10.5 Å². The van der Waals surface area contributed by atoms with Crippen molar-refractivity contribution in [1.82, 2.24) is 0 Å². The molecule has 0 radical (unpaired) electrons. The van der Waals surface area contributed by atoms with Crippen LogP contribution in [0.25, 0.3) is 0 Å². The SMILES string of the molecule is N#CC1(C#N)C(C(C(F)(F)F)C(F)(F)F)=C(Nc2ccccc2C(F)(F)F)CC1(C(F)(F)F)C(F)(F)F. The van der Waals surface area contributed by atoms with Crippen LogP contribution in [0.15, 0.2) is 35.5 Å². The van der Waals surface area contributed by atoms with Crippen molar-refractivity contribution >= 4 is 5.69 Å². The zero-order valence-corrected chi connectivity index (χ0v) is 17.2. The van der Waals surface area contributed by atoms with E-state index in [1.807, 2.05) is 0 Å². The fourth-order valence-corrected chi connectivity index (χ4v) is 4.09. The molecule has 0 aromatic heterocycles. The molecule has 0 spiro atoms. The summed E-state index contributed by atoms with van der Waals surface area (Å²) < 4.78 is 205. The van der Waals surface area contributed by atoms with Crippen molar-refractivity contribution in [2.45, 2.75) is 37.3 Å². The Morgan fingerprint density at radius 2 is 1.16 bits per heavy atom. The molecule has 0 fully saturated rings. The number of hydrogen-bond acceptors (Lipinski definition) is 3. The molecular formula is C19H8F15N3. The van der Waals surface area contributed by atoms with Gasteiger partial charge in [0.25, 0.3) is 0 Å². The number of rotatable bonds is 3. The molecule has 18 heteroatoms. The molecule has 0 aliphatic heterocycles. The number of alkyl halides is 15. The van der Waals surface area contributed by atoms with Crippen LogP contribution >= 0.6 is 0 Å². The summed E-state index contributed by atoms with van der Waals surface area (Å²) in [5.41, 5.74) is -20.0. The molecule has 0 bridgehead atoms. The normalized spacial score (nSPS) is 18.5. The fourth-order valence-electron chi connectivity index (χ4n) is 4.09. The van der Waals surface area contributed by atoms with Gasteiger partial charge in [-0.15, -0.1) is 0 Å². The van der Waals surface area contributed by atoms with Crippen LogP contribution in [-0.4, -0.2) is 24.7 Å². The van der Waals surface area contributed by atoms with Crippen LogP contribution < -0.4 is 5.32 Å². The molecule has 0 heterocycles. The average Bonchev–Trinajstić information content (AvgIpc) is 2.96. The molecule has 1 aromatic rings. The lowest BCUT2D eigenvalue weighted by molar-refractivity contribution is -0.358.